The van der Waals surface area contributed by atoms with E-state index in [9.17, 15) is 9.59 Å². The quantitative estimate of drug-likeness (QED) is 0.692. The highest BCUT2D eigenvalue weighted by Crippen LogP contribution is 2.58. The molecule has 2 aliphatic heterocycles. The zero-order valence-corrected chi connectivity index (χ0v) is 13.6. The van der Waals surface area contributed by atoms with Gasteiger partial charge < -0.3 is 19.1 Å². The smallest absolute Gasteiger partial charge is 0.410 e. The van der Waals surface area contributed by atoms with Crippen LogP contribution in [0.2, 0.25) is 0 Å². The summed E-state index contributed by atoms with van der Waals surface area (Å²) in [5.41, 5.74) is -0.0729. The Balaban J connectivity index is 1.52. The van der Waals surface area contributed by atoms with E-state index in [1.807, 2.05) is 26.8 Å². The molecule has 2 fully saturated rings. The van der Waals surface area contributed by atoms with Gasteiger partial charge in [-0.2, -0.15) is 0 Å². The molecule has 0 aromatic rings. The molecule has 0 N–H and O–H groups in total. The van der Waals surface area contributed by atoms with Crippen LogP contribution in [0.3, 0.4) is 0 Å². The molecule has 0 aromatic carbocycles. The van der Waals surface area contributed by atoms with Crippen molar-refractivity contribution in [3.8, 4) is 0 Å². The first-order valence-electron chi connectivity index (χ1n) is 7.58. The minimum atomic E-state index is -0.465. The van der Waals surface area contributed by atoms with E-state index in [0.29, 0.717) is 25.3 Å². The molecule has 2 heterocycles. The van der Waals surface area contributed by atoms with E-state index in [4.69, 9.17) is 14.2 Å². The number of hydrogen-bond donors (Lipinski definition) is 0. The van der Waals surface area contributed by atoms with Gasteiger partial charge in [-0.05, 0) is 39.7 Å². The Kier molecular flexibility index (Phi) is 3.29. The molecule has 0 bridgehead atoms. The molecule has 22 heavy (non-hydrogen) atoms. The highest BCUT2D eigenvalue weighted by Gasteiger charge is 2.62. The first-order valence-corrected chi connectivity index (χ1v) is 7.58. The minimum Gasteiger partial charge on any atom is -0.466 e. The van der Waals surface area contributed by atoms with Crippen molar-refractivity contribution in [1.29, 1.82) is 0 Å². The number of hydrogen-bond acceptors (Lipinski definition) is 5. The summed E-state index contributed by atoms with van der Waals surface area (Å²) in [6.45, 7) is 7.32. The van der Waals surface area contributed by atoms with Gasteiger partial charge in [-0.3, -0.25) is 0 Å². The van der Waals surface area contributed by atoms with Gasteiger partial charge in [-0.1, -0.05) is 0 Å². The third-order valence-electron chi connectivity index (χ3n) is 4.45. The Morgan fingerprint density at radius 2 is 1.91 bits per heavy atom. The number of likely N-dealkylation sites (tertiary alicyclic amines) is 1. The Bertz CT molecular complexity index is 531. The first kappa shape index (κ1) is 15.3. The van der Waals surface area contributed by atoms with Gasteiger partial charge in [0.05, 0.1) is 24.9 Å². The fourth-order valence-corrected chi connectivity index (χ4v) is 3.74. The number of carbonyl (C=O) groups is 2. The highest BCUT2D eigenvalue weighted by atomic mass is 16.6. The maximum atomic E-state index is 12.0. The van der Waals surface area contributed by atoms with Gasteiger partial charge in [-0.25, -0.2) is 9.59 Å². The maximum absolute atomic E-state index is 12.0. The maximum Gasteiger partial charge on any atom is 0.410 e. The van der Waals surface area contributed by atoms with E-state index in [1.165, 1.54) is 7.11 Å². The van der Waals surface area contributed by atoms with Crippen molar-refractivity contribution < 1.29 is 23.8 Å². The fourth-order valence-electron chi connectivity index (χ4n) is 3.74. The Hall–Kier alpha value is -1.56. The second-order valence-corrected chi connectivity index (χ2v) is 7.70. The summed E-state index contributed by atoms with van der Waals surface area (Å²) in [4.78, 5) is 25.2. The molecule has 3 rings (SSSR count). The third kappa shape index (κ3) is 2.60. The lowest BCUT2D eigenvalue weighted by molar-refractivity contribution is -0.175. The average Bonchev–Trinajstić information content (AvgIpc) is 2.75. The third-order valence-corrected chi connectivity index (χ3v) is 4.45. The molecule has 0 aromatic heterocycles. The second kappa shape index (κ2) is 4.72. The van der Waals surface area contributed by atoms with Gasteiger partial charge in [0.1, 0.15) is 5.60 Å². The van der Waals surface area contributed by atoms with E-state index in [-0.39, 0.29) is 23.1 Å². The number of carbonyl (C=O) groups excluding carboxylic acids is 2. The molecular weight excluding hydrogens is 286 g/mol. The summed E-state index contributed by atoms with van der Waals surface area (Å²) in [6, 6.07) is 0. The van der Waals surface area contributed by atoms with Crippen molar-refractivity contribution in [2.24, 2.45) is 5.41 Å². The molecular formula is C16H23NO5. The summed E-state index contributed by atoms with van der Waals surface area (Å²) < 4.78 is 15.9. The Morgan fingerprint density at radius 1 is 1.27 bits per heavy atom. The monoisotopic (exact) mass is 309 g/mol. The molecule has 0 unspecified atom stereocenters. The van der Waals surface area contributed by atoms with Gasteiger partial charge in [-0.15, -0.1) is 0 Å². The number of amides is 1. The van der Waals surface area contributed by atoms with Gasteiger partial charge in [0.15, 0.2) is 0 Å². The summed E-state index contributed by atoms with van der Waals surface area (Å²) in [5, 5.41) is 0. The number of ether oxygens (including phenoxy) is 3. The Labute approximate surface area is 130 Å². The fraction of sp³-hybridized carbons (Fsp3) is 0.750. The van der Waals surface area contributed by atoms with Gasteiger partial charge in [0, 0.05) is 18.5 Å². The minimum absolute atomic E-state index is 0.124. The predicted octanol–water partition coefficient (Wildman–Crippen LogP) is 1.89. The van der Waals surface area contributed by atoms with E-state index in [0.717, 1.165) is 12.8 Å². The zero-order chi connectivity index (χ0) is 16.2. The molecule has 6 heteroatoms. The van der Waals surface area contributed by atoms with Crippen molar-refractivity contribution in [3.05, 3.63) is 11.6 Å². The number of methoxy groups -OCH3 is 1. The number of rotatable bonds is 1. The molecule has 3 aliphatic rings. The summed E-state index contributed by atoms with van der Waals surface area (Å²) in [5.74, 6) is -0.318. The predicted molar refractivity (Wildman–Crippen MR) is 78.3 cm³/mol. The van der Waals surface area contributed by atoms with Crippen molar-refractivity contribution >= 4 is 12.1 Å². The molecule has 1 saturated carbocycles. The molecule has 1 aliphatic carbocycles. The van der Waals surface area contributed by atoms with Crippen LogP contribution in [0.1, 0.15) is 33.6 Å². The number of nitrogens with zero attached hydrogens (tertiary/aromatic N) is 1. The molecule has 0 radical (unpaired) electrons. The van der Waals surface area contributed by atoms with E-state index in [2.05, 4.69) is 0 Å². The lowest BCUT2D eigenvalue weighted by Crippen LogP contribution is -2.68. The normalized spacial score (nSPS) is 24.5. The van der Waals surface area contributed by atoms with E-state index < -0.39 is 5.60 Å². The SMILES string of the molecule is COC(=O)C1=CC2(CC3(CN(C(=O)OC(C)(C)C)C3)C2)OC1. The molecule has 0 atom stereocenters. The molecule has 1 saturated heterocycles. The van der Waals surface area contributed by atoms with Crippen LogP contribution in [0.15, 0.2) is 11.6 Å². The molecule has 2 spiro atoms. The van der Waals surface area contributed by atoms with Crippen LogP contribution >= 0.6 is 0 Å². The lowest BCUT2D eigenvalue weighted by Gasteiger charge is -2.61. The second-order valence-electron chi connectivity index (χ2n) is 7.70. The van der Waals surface area contributed by atoms with E-state index >= 15 is 0 Å². The van der Waals surface area contributed by atoms with Crippen molar-refractivity contribution in [2.45, 2.75) is 44.8 Å². The van der Waals surface area contributed by atoms with Crippen molar-refractivity contribution in [1.82, 2.24) is 4.90 Å². The standard InChI is InChI=1S/C16H23NO5/c1-14(2,3)22-13(19)17-9-15(10-17)7-16(8-15)5-11(6-21-16)12(18)20-4/h5H,6-10H2,1-4H3. The zero-order valence-electron chi connectivity index (χ0n) is 13.6. The molecule has 6 nitrogen and oxygen atoms in total. The van der Waals surface area contributed by atoms with Gasteiger partial charge >= 0.3 is 12.1 Å². The van der Waals surface area contributed by atoms with Crippen molar-refractivity contribution in [2.75, 3.05) is 26.8 Å². The van der Waals surface area contributed by atoms with Crippen LogP contribution in [0.5, 0.6) is 0 Å². The van der Waals surface area contributed by atoms with Crippen LogP contribution in [-0.2, 0) is 19.0 Å². The van der Waals surface area contributed by atoms with E-state index in [1.54, 1.807) is 4.90 Å². The largest absolute Gasteiger partial charge is 0.466 e. The lowest BCUT2D eigenvalue weighted by atomic mass is 9.55. The highest BCUT2D eigenvalue weighted by molar-refractivity contribution is 5.89. The summed E-state index contributed by atoms with van der Waals surface area (Å²) in [7, 11) is 1.38. The van der Waals surface area contributed by atoms with Crippen LogP contribution in [0, 0.1) is 5.41 Å². The topological polar surface area (TPSA) is 65.1 Å². The number of esters is 1. The Morgan fingerprint density at radius 3 is 2.45 bits per heavy atom. The van der Waals surface area contributed by atoms with Crippen LogP contribution in [0.4, 0.5) is 4.79 Å². The van der Waals surface area contributed by atoms with Crippen LogP contribution in [-0.4, -0.2) is 55.0 Å². The van der Waals surface area contributed by atoms with Crippen LogP contribution < -0.4 is 0 Å². The molecule has 122 valence electrons. The van der Waals surface area contributed by atoms with Gasteiger partial charge in [0.25, 0.3) is 0 Å². The average molecular weight is 309 g/mol. The van der Waals surface area contributed by atoms with Gasteiger partial charge in [0.2, 0.25) is 0 Å². The van der Waals surface area contributed by atoms with Crippen LogP contribution in [0.25, 0.3) is 0 Å². The first-order chi connectivity index (χ1) is 10.2. The van der Waals surface area contributed by atoms with Crippen molar-refractivity contribution in [3.63, 3.8) is 0 Å². The molecule has 1 amide bonds. The summed E-state index contributed by atoms with van der Waals surface area (Å²) >= 11 is 0. The summed E-state index contributed by atoms with van der Waals surface area (Å²) in [6.07, 6.45) is 3.34.